The molecule has 6 unspecified atom stereocenters. The predicted molar refractivity (Wildman–Crippen MR) is 88.0 cm³/mol. The van der Waals surface area contributed by atoms with Crippen molar-refractivity contribution in [2.75, 3.05) is 6.61 Å². The number of nitrogens with zero attached hydrogens (tertiary/aromatic N) is 2. The average Bonchev–Trinajstić information content (AvgIpc) is 2.81. The van der Waals surface area contributed by atoms with Gasteiger partial charge in [0.25, 0.3) is 15.6 Å². The summed E-state index contributed by atoms with van der Waals surface area (Å²) >= 11 is 0. The van der Waals surface area contributed by atoms with E-state index in [1.165, 1.54) is 11.1 Å². The summed E-state index contributed by atoms with van der Waals surface area (Å²) in [5, 5.41) is 20.2. The highest BCUT2D eigenvalue weighted by Gasteiger charge is 2.46. The second kappa shape index (κ2) is 8.88. The first-order valence-corrected chi connectivity index (χ1v) is 12.1. The van der Waals surface area contributed by atoms with Crippen LogP contribution in [0.5, 0.6) is 0 Å². The zero-order valence-corrected chi connectivity index (χ0v) is 17.7. The van der Waals surface area contributed by atoms with Gasteiger partial charge in [-0.3, -0.25) is 13.4 Å². The molecule has 0 saturated carbocycles. The van der Waals surface area contributed by atoms with Crippen LogP contribution < -0.4 is 25.3 Å². The van der Waals surface area contributed by atoms with Gasteiger partial charge in [-0.2, -0.15) is 0 Å². The lowest BCUT2D eigenvalue weighted by molar-refractivity contribution is -0.339. The van der Waals surface area contributed by atoms with Crippen molar-refractivity contribution in [1.29, 1.82) is 0 Å². The van der Waals surface area contributed by atoms with Crippen LogP contribution in [0, 0.1) is 0 Å². The standard InChI is InChI=1S/C11H20N3O13P3/c1-5-3-14(6(2)13-10(5)12)11-9(16)8(15)7(25-11)4-24-29(20,21)27-30(22,23)26-28(17,18)19/h3,7-9,11,15-16H,2,4H2,1H3,(H2,12,13)(H,20,21)(H,22,23)(H2,17,18,19)/p-4. The lowest BCUT2D eigenvalue weighted by atomic mass is 10.1. The van der Waals surface area contributed by atoms with Gasteiger partial charge in [0.05, 0.1) is 14.4 Å². The number of aliphatic imine (C=N–C) groups is 1. The first-order chi connectivity index (χ1) is 13.5. The molecule has 1 saturated heterocycles. The number of phosphoric ester groups is 1. The first kappa shape index (κ1) is 25.3. The van der Waals surface area contributed by atoms with Crippen LogP contribution in [0.3, 0.4) is 0 Å². The Morgan fingerprint density at radius 1 is 1.20 bits per heavy atom. The van der Waals surface area contributed by atoms with E-state index in [0.29, 0.717) is 5.57 Å². The van der Waals surface area contributed by atoms with Gasteiger partial charge in [0.15, 0.2) is 6.23 Å². The number of aliphatic hydroxyl groups is 2. The SMILES string of the molecule is C=C1N=C(N)C(C)=CN1C1OC(COP(=O)([O-])OP(=O)([O-])OP(=O)([O-])[O-])C(O)C1O. The molecule has 30 heavy (non-hydrogen) atoms. The summed E-state index contributed by atoms with van der Waals surface area (Å²) in [5.74, 6) is 0.191. The monoisotopic (exact) mass is 491 g/mol. The average molecular weight is 491 g/mol. The van der Waals surface area contributed by atoms with E-state index in [9.17, 15) is 43.5 Å². The molecule has 0 aromatic rings. The molecule has 2 aliphatic rings. The minimum absolute atomic E-state index is 0.0397. The molecule has 2 rings (SSSR count). The third-order valence-electron chi connectivity index (χ3n) is 3.69. The number of phosphoric acid groups is 3. The summed E-state index contributed by atoms with van der Waals surface area (Å²) in [7, 11) is -18.0. The minimum atomic E-state index is -6.12. The molecule has 172 valence electrons. The first-order valence-electron chi connectivity index (χ1n) is 7.74. The second-order valence-electron chi connectivity index (χ2n) is 5.98. The Labute approximate surface area is 169 Å². The van der Waals surface area contributed by atoms with Crippen LogP contribution in [0.25, 0.3) is 0 Å². The van der Waals surface area contributed by atoms with Crippen molar-refractivity contribution in [1.82, 2.24) is 4.90 Å². The highest BCUT2D eigenvalue weighted by atomic mass is 31.3. The predicted octanol–water partition coefficient (Wildman–Crippen LogP) is -3.70. The van der Waals surface area contributed by atoms with Gasteiger partial charge in [0.2, 0.25) is 0 Å². The summed E-state index contributed by atoms with van der Waals surface area (Å²) in [5.41, 5.74) is 6.11. The van der Waals surface area contributed by atoms with Crippen LogP contribution in [0.1, 0.15) is 6.92 Å². The number of amidine groups is 1. The Hall–Kier alpha value is -0.960. The van der Waals surface area contributed by atoms with Gasteiger partial charge in [0.1, 0.15) is 30.0 Å². The highest BCUT2D eigenvalue weighted by molar-refractivity contribution is 7.64. The summed E-state index contributed by atoms with van der Waals surface area (Å²) in [6, 6.07) is 0. The lowest BCUT2D eigenvalue weighted by Gasteiger charge is -2.37. The summed E-state index contributed by atoms with van der Waals surface area (Å²) in [6.07, 6.45) is -4.72. The largest absolute Gasteiger partial charge is 0.790 e. The molecule has 0 bridgehead atoms. The Morgan fingerprint density at radius 3 is 2.37 bits per heavy atom. The number of hydrogen-bond donors (Lipinski definition) is 3. The molecule has 0 spiro atoms. The molecular weight excluding hydrogens is 475 g/mol. The van der Waals surface area contributed by atoms with Crippen LogP contribution in [0.15, 0.2) is 29.2 Å². The molecule has 1 fully saturated rings. The van der Waals surface area contributed by atoms with Gasteiger partial charge in [-0.15, -0.1) is 0 Å². The second-order valence-corrected chi connectivity index (χ2v) is 10.2. The van der Waals surface area contributed by atoms with Crippen LogP contribution >= 0.6 is 23.5 Å². The Morgan fingerprint density at radius 2 is 1.80 bits per heavy atom. The molecule has 2 aliphatic heterocycles. The summed E-state index contributed by atoms with van der Waals surface area (Å²) < 4.78 is 48.9. The molecule has 0 radical (unpaired) electrons. The molecule has 16 nitrogen and oxygen atoms in total. The topological polar surface area (TPSA) is 262 Å². The molecule has 4 N–H and O–H groups in total. The molecule has 6 atom stereocenters. The maximum atomic E-state index is 11.6. The molecule has 0 aromatic heterocycles. The smallest absolute Gasteiger partial charge is 0.278 e. The van der Waals surface area contributed by atoms with Crippen LogP contribution in [0.2, 0.25) is 0 Å². The van der Waals surface area contributed by atoms with E-state index in [1.54, 1.807) is 6.92 Å². The molecule has 0 aromatic carbocycles. The van der Waals surface area contributed by atoms with E-state index in [0.717, 1.165) is 0 Å². The number of nitrogens with two attached hydrogens (primary N) is 1. The molecule has 2 heterocycles. The van der Waals surface area contributed by atoms with E-state index < -0.39 is 54.6 Å². The number of hydrogen-bond acceptors (Lipinski definition) is 16. The maximum absolute atomic E-state index is 11.6. The van der Waals surface area contributed by atoms with Crippen molar-refractivity contribution >= 4 is 29.3 Å². The van der Waals surface area contributed by atoms with Gasteiger partial charge in [0, 0.05) is 11.8 Å². The Kier molecular flexibility index (Phi) is 7.49. The fourth-order valence-electron chi connectivity index (χ4n) is 2.40. The van der Waals surface area contributed by atoms with Crippen LogP contribution in [-0.4, -0.2) is 52.1 Å². The zero-order valence-electron chi connectivity index (χ0n) is 15.0. The van der Waals surface area contributed by atoms with Gasteiger partial charge in [-0.1, -0.05) is 6.58 Å². The van der Waals surface area contributed by atoms with Gasteiger partial charge < -0.3 is 54.2 Å². The minimum Gasteiger partial charge on any atom is -0.790 e. The van der Waals surface area contributed by atoms with E-state index in [4.69, 9.17) is 10.5 Å². The van der Waals surface area contributed by atoms with Crippen molar-refractivity contribution in [3.05, 3.63) is 24.2 Å². The maximum Gasteiger partial charge on any atom is 0.278 e. The van der Waals surface area contributed by atoms with Crippen molar-refractivity contribution in [3.8, 4) is 0 Å². The fourth-order valence-corrected chi connectivity index (χ4v) is 5.26. The van der Waals surface area contributed by atoms with E-state index in [-0.39, 0.29) is 11.7 Å². The van der Waals surface area contributed by atoms with E-state index in [1.807, 2.05) is 0 Å². The molecule has 0 aliphatic carbocycles. The molecule has 19 heteroatoms. The third-order valence-corrected chi connectivity index (χ3v) is 7.36. The number of rotatable bonds is 8. The van der Waals surface area contributed by atoms with E-state index >= 15 is 0 Å². The fraction of sp³-hybridized carbons (Fsp3) is 0.545. The van der Waals surface area contributed by atoms with Crippen molar-refractivity contribution in [2.24, 2.45) is 10.7 Å². The lowest BCUT2D eigenvalue weighted by Crippen LogP contribution is -2.42. The van der Waals surface area contributed by atoms with Crippen molar-refractivity contribution < 1.29 is 61.4 Å². The quantitative estimate of drug-likeness (QED) is 0.276. The highest BCUT2D eigenvalue weighted by Crippen LogP contribution is 2.60. The Balaban J connectivity index is 2.03. The summed E-state index contributed by atoms with van der Waals surface area (Å²) in [6.45, 7) is 4.14. The van der Waals surface area contributed by atoms with Crippen LogP contribution in [-0.2, 0) is 31.6 Å². The van der Waals surface area contributed by atoms with Gasteiger partial charge >= 0.3 is 0 Å². The van der Waals surface area contributed by atoms with Crippen molar-refractivity contribution in [2.45, 2.75) is 31.5 Å². The van der Waals surface area contributed by atoms with E-state index in [2.05, 4.69) is 24.7 Å². The van der Waals surface area contributed by atoms with Gasteiger partial charge in [-0.25, -0.2) is 9.30 Å². The third kappa shape index (κ3) is 6.52. The molecular formula is C11H16N3O13P3-4. The summed E-state index contributed by atoms with van der Waals surface area (Å²) in [4.78, 5) is 48.4. The van der Waals surface area contributed by atoms with Crippen LogP contribution in [0.4, 0.5) is 0 Å². The molecule has 0 amide bonds. The van der Waals surface area contributed by atoms with Gasteiger partial charge in [-0.05, 0) is 6.92 Å². The van der Waals surface area contributed by atoms with Crippen molar-refractivity contribution in [3.63, 3.8) is 0 Å². The zero-order chi connectivity index (χ0) is 23.1. The normalized spacial score (nSPS) is 31.7. The Bertz CT molecular complexity index is 900. The number of aliphatic hydroxyl groups excluding tert-OH is 2. The number of ether oxygens (including phenoxy) is 1.